The fourth-order valence-electron chi connectivity index (χ4n) is 2.85. The summed E-state index contributed by atoms with van der Waals surface area (Å²) in [5.41, 5.74) is 5.03. The van der Waals surface area contributed by atoms with Crippen molar-refractivity contribution in [1.82, 2.24) is 9.38 Å². The van der Waals surface area contributed by atoms with Gasteiger partial charge in [0, 0.05) is 18.2 Å². The maximum absolute atomic E-state index is 12.1. The monoisotopic (exact) mass is 307 g/mol. The Kier molecular flexibility index (Phi) is 4.15. The zero-order chi connectivity index (χ0) is 16.4. The molecule has 1 aromatic carbocycles. The highest BCUT2D eigenvalue weighted by Crippen LogP contribution is 2.30. The lowest BCUT2D eigenvalue weighted by atomic mass is 10.0. The summed E-state index contributed by atoms with van der Waals surface area (Å²) in [6, 6.07) is 12.2. The number of imidazole rings is 1. The maximum Gasteiger partial charge on any atom is 0.225 e. The van der Waals surface area contributed by atoms with Gasteiger partial charge in [-0.05, 0) is 44.5 Å². The fraction of sp³-hybridized carbons (Fsp3) is 0.263. The summed E-state index contributed by atoms with van der Waals surface area (Å²) in [5.74, 6) is 0.757. The van der Waals surface area contributed by atoms with E-state index in [4.69, 9.17) is 4.98 Å². The van der Waals surface area contributed by atoms with Gasteiger partial charge in [0.2, 0.25) is 5.91 Å². The van der Waals surface area contributed by atoms with Crippen LogP contribution >= 0.6 is 0 Å². The summed E-state index contributed by atoms with van der Waals surface area (Å²) in [6.45, 7) is 6.14. The van der Waals surface area contributed by atoms with Crippen LogP contribution in [0.1, 0.15) is 30.9 Å². The lowest BCUT2D eigenvalue weighted by Crippen LogP contribution is -2.13. The van der Waals surface area contributed by atoms with Gasteiger partial charge in [-0.2, -0.15) is 0 Å². The molecular formula is C19H21N3O. The van der Waals surface area contributed by atoms with Crippen molar-refractivity contribution < 1.29 is 4.79 Å². The highest BCUT2D eigenvalue weighted by Gasteiger charge is 2.16. The number of carbonyl (C=O) groups excluding carboxylic acids is 1. The number of hydrogen-bond donors (Lipinski definition) is 1. The molecule has 0 aliphatic rings. The number of aryl methyl sites for hydroxylation is 2. The minimum Gasteiger partial charge on any atom is -0.310 e. The Labute approximate surface area is 136 Å². The second kappa shape index (κ2) is 6.24. The molecular weight excluding hydrogens is 286 g/mol. The molecule has 3 aromatic rings. The number of rotatable bonds is 4. The number of benzene rings is 1. The normalized spacial score (nSPS) is 10.9. The zero-order valence-corrected chi connectivity index (χ0v) is 13.8. The summed E-state index contributed by atoms with van der Waals surface area (Å²) in [7, 11) is 0. The number of nitrogens with one attached hydrogen (secondary N) is 1. The quantitative estimate of drug-likeness (QED) is 0.778. The number of carbonyl (C=O) groups is 1. The van der Waals surface area contributed by atoms with E-state index in [0.29, 0.717) is 6.42 Å². The Morgan fingerprint density at radius 1 is 1.17 bits per heavy atom. The Balaban J connectivity index is 2.17. The molecule has 23 heavy (non-hydrogen) atoms. The van der Waals surface area contributed by atoms with E-state index in [0.717, 1.165) is 29.1 Å². The van der Waals surface area contributed by atoms with Crippen molar-refractivity contribution in [3.05, 3.63) is 53.7 Å². The van der Waals surface area contributed by atoms with Crippen LogP contribution in [0.15, 0.2) is 42.6 Å². The molecule has 118 valence electrons. The number of hydrogen-bond acceptors (Lipinski definition) is 2. The molecule has 4 heteroatoms. The Hall–Kier alpha value is -2.62. The van der Waals surface area contributed by atoms with Crippen molar-refractivity contribution in [2.24, 2.45) is 0 Å². The van der Waals surface area contributed by atoms with E-state index in [-0.39, 0.29) is 5.91 Å². The first-order chi connectivity index (χ1) is 11.1. The third kappa shape index (κ3) is 3.11. The van der Waals surface area contributed by atoms with Gasteiger partial charge in [0.25, 0.3) is 0 Å². The number of anilines is 1. The topological polar surface area (TPSA) is 46.4 Å². The largest absolute Gasteiger partial charge is 0.310 e. The Morgan fingerprint density at radius 2 is 1.91 bits per heavy atom. The molecule has 3 rings (SSSR count). The summed E-state index contributed by atoms with van der Waals surface area (Å²) in [5, 5.41) is 3.03. The van der Waals surface area contributed by atoms with Gasteiger partial charge in [-0.1, -0.05) is 30.2 Å². The predicted molar refractivity (Wildman–Crippen MR) is 93.6 cm³/mol. The SMILES string of the molecule is CCCC(=O)Nc1c(-c2cc(C)cc(C)c2)nc2ccccn12. The summed E-state index contributed by atoms with van der Waals surface area (Å²) in [6.07, 6.45) is 3.25. The highest BCUT2D eigenvalue weighted by molar-refractivity contribution is 5.94. The third-order valence-corrected chi connectivity index (χ3v) is 3.76. The van der Waals surface area contributed by atoms with Gasteiger partial charge < -0.3 is 5.32 Å². The van der Waals surface area contributed by atoms with E-state index >= 15 is 0 Å². The van der Waals surface area contributed by atoms with Gasteiger partial charge in [-0.25, -0.2) is 4.98 Å². The van der Waals surface area contributed by atoms with Crippen LogP contribution in [-0.2, 0) is 4.79 Å². The Morgan fingerprint density at radius 3 is 2.61 bits per heavy atom. The molecule has 0 radical (unpaired) electrons. The van der Waals surface area contributed by atoms with E-state index in [2.05, 4.69) is 37.4 Å². The second-order valence-corrected chi connectivity index (χ2v) is 5.91. The van der Waals surface area contributed by atoms with Gasteiger partial charge in [-0.3, -0.25) is 9.20 Å². The number of aromatic nitrogens is 2. The van der Waals surface area contributed by atoms with Crippen LogP contribution in [0.3, 0.4) is 0 Å². The van der Waals surface area contributed by atoms with Crippen LogP contribution in [0.25, 0.3) is 16.9 Å². The van der Waals surface area contributed by atoms with Crippen LogP contribution in [0.2, 0.25) is 0 Å². The molecule has 0 saturated heterocycles. The predicted octanol–water partition coefficient (Wildman–Crippen LogP) is 4.36. The summed E-state index contributed by atoms with van der Waals surface area (Å²) >= 11 is 0. The first kappa shape index (κ1) is 15.3. The van der Waals surface area contributed by atoms with Crippen molar-refractivity contribution >= 4 is 17.4 Å². The number of pyridine rings is 1. The van der Waals surface area contributed by atoms with E-state index in [1.165, 1.54) is 11.1 Å². The zero-order valence-electron chi connectivity index (χ0n) is 13.8. The standard InChI is InChI=1S/C19H21N3O/c1-4-7-17(23)21-19-18(15-11-13(2)10-14(3)12-15)20-16-8-5-6-9-22(16)19/h5-6,8-12H,4,7H2,1-3H3,(H,21,23). The molecule has 0 bridgehead atoms. The first-order valence-corrected chi connectivity index (χ1v) is 7.94. The average Bonchev–Trinajstić information content (AvgIpc) is 2.85. The van der Waals surface area contributed by atoms with Crippen molar-refractivity contribution in [2.75, 3.05) is 5.32 Å². The third-order valence-electron chi connectivity index (χ3n) is 3.76. The average molecular weight is 307 g/mol. The van der Waals surface area contributed by atoms with Gasteiger partial charge in [0.05, 0.1) is 0 Å². The van der Waals surface area contributed by atoms with E-state index in [1.807, 2.05) is 35.7 Å². The Bertz CT molecular complexity index is 844. The van der Waals surface area contributed by atoms with Crippen LogP contribution in [0, 0.1) is 13.8 Å². The van der Waals surface area contributed by atoms with Gasteiger partial charge in [-0.15, -0.1) is 0 Å². The lowest BCUT2D eigenvalue weighted by molar-refractivity contribution is -0.116. The second-order valence-electron chi connectivity index (χ2n) is 5.91. The molecule has 0 aliphatic heterocycles. The molecule has 2 heterocycles. The van der Waals surface area contributed by atoms with Crippen LogP contribution < -0.4 is 5.32 Å². The number of amides is 1. The van der Waals surface area contributed by atoms with Crippen molar-refractivity contribution in [3.63, 3.8) is 0 Å². The molecule has 0 fully saturated rings. The molecule has 0 saturated carbocycles. The lowest BCUT2D eigenvalue weighted by Gasteiger charge is -2.08. The molecule has 2 aromatic heterocycles. The van der Waals surface area contributed by atoms with Crippen molar-refractivity contribution in [3.8, 4) is 11.3 Å². The van der Waals surface area contributed by atoms with E-state index < -0.39 is 0 Å². The summed E-state index contributed by atoms with van der Waals surface area (Å²) < 4.78 is 1.93. The fourth-order valence-corrected chi connectivity index (χ4v) is 2.85. The van der Waals surface area contributed by atoms with Gasteiger partial charge in [0.15, 0.2) is 0 Å². The van der Waals surface area contributed by atoms with Crippen LogP contribution in [0.5, 0.6) is 0 Å². The molecule has 0 unspecified atom stereocenters. The highest BCUT2D eigenvalue weighted by atomic mass is 16.1. The van der Waals surface area contributed by atoms with Gasteiger partial charge >= 0.3 is 0 Å². The summed E-state index contributed by atoms with van der Waals surface area (Å²) in [4.78, 5) is 16.8. The van der Waals surface area contributed by atoms with E-state index in [9.17, 15) is 4.79 Å². The van der Waals surface area contributed by atoms with Crippen molar-refractivity contribution in [2.45, 2.75) is 33.6 Å². The maximum atomic E-state index is 12.1. The minimum absolute atomic E-state index is 0.0174. The van der Waals surface area contributed by atoms with Crippen molar-refractivity contribution in [1.29, 1.82) is 0 Å². The first-order valence-electron chi connectivity index (χ1n) is 7.94. The molecule has 0 atom stereocenters. The molecule has 0 aliphatic carbocycles. The van der Waals surface area contributed by atoms with Crippen LogP contribution in [0.4, 0.5) is 5.82 Å². The molecule has 1 N–H and O–H groups in total. The van der Waals surface area contributed by atoms with E-state index in [1.54, 1.807) is 0 Å². The minimum atomic E-state index is 0.0174. The molecule has 0 spiro atoms. The smallest absolute Gasteiger partial charge is 0.225 e. The van der Waals surface area contributed by atoms with Crippen LogP contribution in [-0.4, -0.2) is 15.3 Å². The molecule has 4 nitrogen and oxygen atoms in total. The number of nitrogens with zero attached hydrogens (tertiary/aromatic N) is 2. The number of fused-ring (bicyclic) bond motifs is 1. The molecule has 1 amide bonds. The van der Waals surface area contributed by atoms with Gasteiger partial charge in [0.1, 0.15) is 17.2 Å².